The second-order valence-corrected chi connectivity index (χ2v) is 5.28. The lowest BCUT2D eigenvalue weighted by atomic mass is 9.87. The summed E-state index contributed by atoms with van der Waals surface area (Å²) in [5.74, 6) is 0.361. The van der Waals surface area contributed by atoms with Gasteiger partial charge in [0.2, 0.25) is 5.91 Å². The average molecular weight is 256 g/mol. The van der Waals surface area contributed by atoms with Gasteiger partial charge < -0.3 is 0 Å². The zero-order valence-electron chi connectivity index (χ0n) is 11.1. The molecule has 1 unspecified atom stereocenters. The molecule has 0 spiro atoms. The molecule has 4 nitrogen and oxygen atoms in total. The molecule has 1 aromatic heterocycles. The van der Waals surface area contributed by atoms with Gasteiger partial charge in [0.15, 0.2) is 5.78 Å². The van der Waals surface area contributed by atoms with E-state index in [4.69, 9.17) is 0 Å². The molecule has 98 valence electrons. The Kier molecular flexibility index (Phi) is 2.66. The standard InChI is InChI=1S/C15H16N2O2/c1-9-7-13-15(14(19)8-9)11-5-3-4-6-12(11)17(13)16-10(2)18/h3-6,9H,7-8H2,1-2H3,(H,16,18). The molecule has 3 rings (SSSR count). The van der Waals surface area contributed by atoms with Gasteiger partial charge in [0.05, 0.1) is 11.2 Å². The molecule has 1 atom stereocenters. The van der Waals surface area contributed by atoms with E-state index in [9.17, 15) is 9.59 Å². The minimum absolute atomic E-state index is 0.130. The van der Waals surface area contributed by atoms with E-state index in [0.717, 1.165) is 28.6 Å². The number of amides is 1. The van der Waals surface area contributed by atoms with Gasteiger partial charge in [-0.15, -0.1) is 0 Å². The van der Waals surface area contributed by atoms with Crippen LogP contribution in [-0.4, -0.2) is 16.4 Å². The van der Waals surface area contributed by atoms with Gasteiger partial charge in [-0.05, 0) is 18.4 Å². The minimum Gasteiger partial charge on any atom is -0.294 e. The molecule has 19 heavy (non-hydrogen) atoms. The van der Waals surface area contributed by atoms with Crippen LogP contribution in [-0.2, 0) is 11.2 Å². The summed E-state index contributed by atoms with van der Waals surface area (Å²) in [6, 6.07) is 7.72. The molecule has 0 aliphatic heterocycles. The number of fused-ring (bicyclic) bond motifs is 3. The molecule has 1 aliphatic carbocycles. The van der Waals surface area contributed by atoms with E-state index in [0.29, 0.717) is 12.3 Å². The van der Waals surface area contributed by atoms with Gasteiger partial charge >= 0.3 is 0 Å². The van der Waals surface area contributed by atoms with Crippen LogP contribution in [0.15, 0.2) is 24.3 Å². The summed E-state index contributed by atoms with van der Waals surface area (Å²) in [6.07, 6.45) is 1.40. The van der Waals surface area contributed by atoms with Crippen molar-refractivity contribution in [2.45, 2.75) is 26.7 Å². The molecule has 0 bridgehead atoms. The third-order valence-electron chi connectivity index (χ3n) is 3.60. The number of para-hydroxylation sites is 1. The Labute approximate surface area is 111 Å². The summed E-state index contributed by atoms with van der Waals surface area (Å²) in [7, 11) is 0. The second-order valence-electron chi connectivity index (χ2n) is 5.28. The van der Waals surface area contributed by atoms with Crippen molar-refractivity contribution >= 4 is 22.6 Å². The quantitative estimate of drug-likeness (QED) is 0.852. The van der Waals surface area contributed by atoms with Gasteiger partial charge in [0, 0.05) is 24.3 Å². The number of hydrogen-bond acceptors (Lipinski definition) is 2. The van der Waals surface area contributed by atoms with Gasteiger partial charge in [0.25, 0.3) is 0 Å². The van der Waals surface area contributed by atoms with Crippen LogP contribution in [0.5, 0.6) is 0 Å². The highest BCUT2D eigenvalue weighted by atomic mass is 16.2. The maximum absolute atomic E-state index is 12.3. The molecule has 1 aliphatic rings. The predicted octanol–water partition coefficient (Wildman–Crippen LogP) is 2.50. The van der Waals surface area contributed by atoms with Crippen molar-refractivity contribution in [3.63, 3.8) is 0 Å². The topological polar surface area (TPSA) is 51.1 Å². The first-order chi connectivity index (χ1) is 9.08. The highest BCUT2D eigenvalue weighted by molar-refractivity contribution is 6.10. The van der Waals surface area contributed by atoms with Crippen LogP contribution in [0.2, 0.25) is 0 Å². The van der Waals surface area contributed by atoms with Gasteiger partial charge in [0.1, 0.15) is 0 Å². The van der Waals surface area contributed by atoms with Crippen LogP contribution in [0.25, 0.3) is 10.9 Å². The number of hydrogen-bond donors (Lipinski definition) is 1. The maximum Gasteiger partial charge on any atom is 0.235 e. The summed E-state index contributed by atoms with van der Waals surface area (Å²) in [4.78, 5) is 23.7. The molecule has 1 heterocycles. The second kappa shape index (κ2) is 4.23. The monoisotopic (exact) mass is 256 g/mol. The smallest absolute Gasteiger partial charge is 0.235 e. The summed E-state index contributed by atoms with van der Waals surface area (Å²) in [5.41, 5.74) is 5.43. The van der Waals surface area contributed by atoms with Crippen LogP contribution in [0, 0.1) is 5.92 Å². The Hall–Kier alpha value is -2.10. The number of carbonyl (C=O) groups excluding carboxylic acids is 2. The molecule has 2 aromatic rings. The highest BCUT2D eigenvalue weighted by Crippen LogP contribution is 2.33. The van der Waals surface area contributed by atoms with E-state index in [1.54, 1.807) is 4.68 Å². The van der Waals surface area contributed by atoms with Crippen molar-refractivity contribution in [2.75, 3.05) is 5.43 Å². The van der Waals surface area contributed by atoms with Crippen LogP contribution >= 0.6 is 0 Å². The van der Waals surface area contributed by atoms with Crippen LogP contribution in [0.3, 0.4) is 0 Å². The van der Waals surface area contributed by atoms with E-state index in [1.165, 1.54) is 6.92 Å². The first-order valence-corrected chi connectivity index (χ1v) is 6.51. The summed E-state index contributed by atoms with van der Waals surface area (Å²) in [6.45, 7) is 3.55. The Morgan fingerprint density at radius 2 is 2.05 bits per heavy atom. The Bertz CT molecular complexity index is 685. The van der Waals surface area contributed by atoms with Crippen molar-refractivity contribution < 1.29 is 9.59 Å². The van der Waals surface area contributed by atoms with Crippen LogP contribution in [0.1, 0.15) is 36.3 Å². The highest BCUT2D eigenvalue weighted by Gasteiger charge is 2.29. The zero-order chi connectivity index (χ0) is 13.6. The largest absolute Gasteiger partial charge is 0.294 e. The predicted molar refractivity (Wildman–Crippen MR) is 73.8 cm³/mol. The maximum atomic E-state index is 12.3. The fourth-order valence-electron chi connectivity index (χ4n) is 2.90. The molecule has 0 fully saturated rings. The van der Waals surface area contributed by atoms with Crippen LogP contribution in [0.4, 0.5) is 0 Å². The van der Waals surface area contributed by atoms with Crippen molar-refractivity contribution in [3.05, 3.63) is 35.5 Å². The Morgan fingerprint density at radius 3 is 2.79 bits per heavy atom. The number of rotatable bonds is 1. The van der Waals surface area contributed by atoms with Crippen molar-refractivity contribution in [2.24, 2.45) is 5.92 Å². The normalized spacial score (nSPS) is 18.4. The van der Waals surface area contributed by atoms with E-state index >= 15 is 0 Å². The number of aromatic nitrogens is 1. The number of nitrogens with one attached hydrogen (secondary N) is 1. The molecule has 1 N–H and O–H groups in total. The fourth-order valence-corrected chi connectivity index (χ4v) is 2.90. The first-order valence-electron chi connectivity index (χ1n) is 6.51. The van der Waals surface area contributed by atoms with Gasteiger partial charge in [-0.3, -0.25) is 19.7 Å². The summed E-state index contributed by atoms with van der Waals surface area (Å²) >= 11 is 0. The third kappa shape index (κ3) is 1.84. The summed E-state index contributed by atoms with van der Waals surface area (Å²) < 4.78 is 1.78. The minimum atomic E-state index is -0.130. The molecule has 0 saturated heterocycles. The lowest BCUT2D eigenvalue weighted by Gasteiger charge is -2.20. The van der Waals surface area contributed by atoms with Gasteiger partial charge in [-0.2, -0.15) is 0 Å². The third-order valence-corrected chi connectivity index (χ3v) is 3.60. The summed E-state index contributed by atoms with van der Waals surface area (Å²) in [5, 5.41) is 0.933. The fraction of sp³-hybridized carbons (Fsp3) is 0.333. The molecule has 0 radical (unpaired) electrons. The van der Waals surface area contributed by atoms with Crippen molar-refractivity contribution in [1.82, 2.24) is 4.68 Å². The SMILES string of the molecule is CC(=O)Nn1c2c(c3ccccc31)C(=O)CC(C)C2. The first kappa shape index (κ1) is 12.0. The van der Waals surface area contributed by atoms with E-state index < -0.39 is 0 Å². The molecular weight excluding hydrogens is 240 g/mol. The van der Waals surface area contributed by atoms with E-state index in [-0.39, 0.29) is 11.7 Å². The number of carbonyl (C=O) groups is 2. The van der Waals surface area contributed by atoms with Crippen molar-refractivity contribution in [1.29, 1.82) is 0 Å². The molecule has 4 heteroatoms. The number of benzene rings is 1. The number of nitrogens with zero attached hydrogens (tertiary/aromatic N) is 1. The zero-order valence-corrected chi connectivity index (χ0v) is 11.1. The van der Waals surface area contributed by atoms with Crippen molar-refractivity contribution in [3.8, 4) is 0 Å². The lowest BCUT2D eigenvalue weighted by Crippen LogP contribution is -2.26. The molecule has 0 saturated carbocycles. The average Bonchev–Trinajstić information content (AvgIpc) is 2.64. The number of Topliss-reactive ketones (excluding diaryl/α,β-unsaturated/α-hetero) is 1. The van der Waals surface area contributed by atoms with Crippen LogP contribution < -0.4 is 5.43 Å². The number of ketones is 1. The van der Waals surface area contributed by atoms with E-state index in [2.05, 4.69) is 12.3 Å². The van der Waals surface area contributed by atoms with Gasteiger partial charge in [-0.1, -0.05) is 25.1 Å². The van der Waals surface area contributed by atoms with E-state index in [1.807, 2.05) is 24.3 Å². The molecular formula is C15H16N2O2. The molecule has 1 aromatic carbocycles. The molecule has 1 amide bonds. The Balaban J connectivity index is 2.32. The lowest BCUT2D eigenvalue weighted by molar-refractivity contribution is -0.115. The van der Waals surface area contributed by atoms with Gasteiger partial charge in [-0.25, -0.2) is 0 Å². The Morgan fingerprint density at radius 1 is 1.32 bits per heavy atom.